The lowest BCUT2D eigenvalue weighted by Gasteiger charge is -2.03. The monoisotopic (exact) mass is 305 g/mol. The minimum Gasteiger partial charge on any atom is -0.384 e. The first-order valence-corrected chi connectivity index (χ1v) is 7.04. The number of nitrogen functional groups attached to an aromatic ring is 1. The Morgan fingerprint density at radius 2 is 1.74 bits per heavy atom. The standard InChI is InChI=1S/C17H12FN5/c18-14-4-2-1-3-13(14)17-21-16-10-12(9-15(19)23(16)22-17)11-5-7-20-8-6-11/h1-10H,19H2. The van der Waals surface area contributed by atoms with Crippen LogP contribution in [0.15, 0.2) is 60.9 Å². The van der Waals surface area contributed by atoms with E-state index in [1.54, 1.807) is 30.6 Å². The van der Waals surface area contributed by atoms with Gasteiger partial charge in [0, 0.05) is 12.4 Å². The lowest BCUT2D eigenvalue weighted by Crippen LogP contribution is -1.99. The fraction of sp³-hybridized carbons (Fsp3) is 0. The number of nitrogens with two attached hydrogens (primary N) is 1. The van der Waals surface area contributed by atoms with Gasteiger partial charge in [0.25, 0.3) is 0 Å². The highest BCUT2D eigenvalue weighted by atomic mass is 19.1. The molecule has 3 aromatic heterocycles. The Hall–Kier alpha value is -3.28. The zero-order valence-corrected chi connectivity index (χ0v) is 12.0. The molecule has 6 heteroatoms. The Balaban J connectivity index is 1.90. The van der Waals surface area contributed by atoms with Crippen molar-refractivity contribution in [2.45, 2.75) is 0 Å². The van der Waals surface area contributed by atoms with Crippen molar-refractivity contribution < 1.29 is 4.39 Å². The van der Waals surface area contributed by atoms with Gasteiger partial charge in [-0.2, -0.15) is 4.52 Å². The van der Waals surface area contributed by atoms with Crippen molar-refractivity contribution in [1.82, 2.24) is 19.6 Å². The molecule has 0 aliphatic rings. The van der Waals surface area contributed by atoms with Crippen LogP contribution < -0.4 is 5.73 Å². The largest absolute Gasteiger partial charge is 0.384 e. The molecule has 0 aliphatic carbocycles. The molecule has 0 unspecified atom stereocenters. The number of nitrogens with zero attached hydrogens (tertiary/aromatic N) is 4. The van der Waals surface area contributed by atoms with Gasteiger partial charge in [-0.05, 0) is 47.5 Å². The van der Waals surface area contributed by atoms with Crippen LogP contribution in [0.4, 0.5) is 10.2 Å². The summed E-state index contributed by atoms with van der Waals surface area (Å²) in [4.78, 5) is 8.41. The van der Waals surface area contributed by atoms with Gasteiger partial charge in [0.2, 0.25) is 0 Å². The number of benzene rings is 1. The number of aromatic nitrogens is 4. The molecule has 0 radical (unpaired) electrons. The van der Waals surface area contributed by atoms with E-state index >= 15 is 0 Å². The summed E-state index contributed by atoms with van der Waals surface area (Å²) in [5.41, 5.74) is 8.87. The zero-order chi connectivity index (χ0) is 15.8. The van der Waals surface area contributed by atoms with Gasteiger partial charge in [-0.3, -0.25) is 4.98 Å². The van der Waals surface area contributed by atoms with Gasteiger partial charge in [0.05, 0.1) is 5.56 Å². The van der Waals surface area contributed by atoms with Crippen LogP contribution in [0.1, 0.15) is 0 Å². The molecule has 0 amide bonds. The lowest BCUT2D eigenvalue weighted by molar-refractivity contribution is 0.630. The number of rotatable bonds is 2. The summed E-state index contributed by atoms with van der Waals surface area (Å²) in [5, 5.41) is 4.31. The van der Waals surface area contributed by atoms with Crippen molar-refractivity contribution in [1.29, 1.82) is 0 Å². The van der Waals surface area contributed by atoms with Crippen molar-refractivity contribution >= 4 is 11.5 Å². The van der Waals surface area contributed by atoms with Crippen LogP contribution in [-0.2, 0) is 0 Å². The van der Waals surface area contributed by atoms with E-state index in [9.17, 15) is 4.39 Å². The fourth-order valence-corrected chi connectivity index (χ4v) is 2.48. The molecular formula is C17H12FN5. The molecule has 1 aromatic carbocycles. The molecule has 2 N–H and O–H groups in total. The van der Waals surface area contributed by atoms with Crippen molar-refractivity contribution in [3.8, 4) is 22.5 Å². The van der Waals surface area contributed by atoms with E-state index in [4.69, 9.17) is 5.73 Å². The maximum atomic E-state index is 13.9. The summed E-state index contributed by atoms with van der Waals surface area (Å²) in [5.74, 6) is 0.377. The van der Waals surface area contributed by atoms with Gasteiger partial charge < -0.3 is 5.73 Å². The Kier molecular flexibility index (Phi) is 3.01. The molecule has 0 saturated carbocycles. The molecule has 4 aromatic rings. The average Bonchev–Trinajstić information content (AvgIpc) is 3.00. The number of hydrogen-bond acceptors (Lipinski definition) is 4. The van der Waals surface area contributed by atoms with E-state index in [1.807, 2.05) is 24.3 Å². The molecule has 3 heterocycles. The van der Waals surface area contributed by atoms with E-state index in [0.717, 1.165) is 11.1 Å². The summed E-state index contributed by atoms with van der Waals surface area (Å²) in [6.45, 7) is 0. The Bertz CT molecular complexity index is 994. The minimum absolute atomic E-state index is 0.307. The van der Waals surface area contributed by atoms with Crippen LogP contribution in [0, 0.1) is 5.82 Å². The number of fused-ring (bicyclic) bond motifs is 1. The van der Waals surface area contributed by atoms with Crippen LogP contribution >= 0.6 is 0 Å². The third-order valence-corrected chi connectivity index (χ3v) is 3.59. The molecule has 0 atom stereocenters. The minimum atomic E-state index is -0.365. The number of halogens is 1. The normalized spacial score (nSPS) is 11.0. The molecule has 4 rings (SSSR count). The summed E-state index contributed by atoms with van der Waals surface area (Å²) < 4.78 is 15.4. The number of anilines is 1. The molecule has 0 bridgehead atoms. The molecule has 23 heavy (non-hydrogen) atoms. The Morgan fingerprint density at radius 1 is 0.957 bits per heavy atom. The summed E-state index contributed by atoms with van der Waals surface area (Å²) in [6, 6.07) is 13.8. The highest BCUT2D eigenvalue weighted by Crippen LogP contribution is 2.25. The maximum absolute atomic E-state index is 13.9. The first-order chi connectivity index (χ1) is 11.2. The third kappa shape index (κ3) is 2.30. The summed E-state index contributed by atoms with van der Waals surface area (Å²) in [6.07, 6.45) is 3.43. The first-order valence-electron chi connectivity index (χ1n) is 7.04. The molecule has 0 aliphatic heterocycles. The van der Waals surface area contributed by atoms with Gasteiger partial charge in [-0.15, -0.1) is 5.10 Å². The van der Waals surface area contributed by atoms with Crippen LogP contribution in [0.2, 0.25) is 0 Å². The predicted molar refractivity (Wildman–Crippen MR) is 86.0 cm³/mol. The average molecular weight is 305 g/mol. The molecular weight excluding hydrogens is 293 g/mol. The number of hydrogen-bond donors (Lipinski definition) is 1. The second-order valence-electron chi connectivity index (χ2n) is 5.09. The Morgan fingerprint density at radius 3 is 2.52 bits per heavy atom. The second-order valence-corrected chi connectivity index (χ2v) is 5.09. The predicted octanol–water partition coefficient (Wildman–Crippen LogP) is 3.18. The topological polar surface area (TPSA) is 69.1 Å². The highest BCUT2D eigenvalue weighted by Gasteiger charge is 2.13. The quantitative estimate of drug-likeness (QED) is 0.617. The van der Waals surface area contributed by atoms with Crippen molar-refractivity contribution in [3.05, 3.63) is 66.7 Å². The molecule has 0 saturated heterocycles. The van der Waals surface area contributed by atoms with E-state index in [-0.39, 0.29) is 5.82 Å². The van der Waals surface area contributed by atoms with E-state index in [0.29, 0.717) is 22.9 Å². The van der Waals surface area contributed by atoms with Crippen LogP contribution in [0.25, 0.3) is 28.2 Å². The van der Waals surface area contributed by atoms with Gasteiger partial charge in [-0.1, -0.05) is 12.1 Å². The second kappa shape index (κ2) is 5.17. The van der Waals surface area contributed by atoms with Crippen molar-refractivity contribution in [2.75, 3.05) is 5.73 Å². The smallest absolute Gasteiger partial charge is 0.185 e. The number of pyridine rings is 2. The van der Waals surface area contributed by atoms with Gasteiger partial charge in [0.15, 0.2) is 11.5 Å². The van der Waals surface area contributed by atoms with Gasteiger partial charge in [0.1, 0.15) is 11.6 Å². The first kappa shape index (κ1) is 13.4. The Labute approximate surface area is 131 Å². The highest BCUT2D eigenvalue weighted by molar-refractivity contribution is 5.72. The van der Waals surface area contributed by atoms with E-state index in [2.05, 4.69) is 15.1 Å². The van der Waals surface area contributed by atoms with Gasteiger partial charge >= 0.3 is 0 Å². The van der Waals surface area contributed by atoms with Crippen molar-refractivity contribution in [2.24, 2.45) is 0 Å². The molecule has 0 spiro atoms. The van der Waals surface area contributed by atoms with Crippen LogP contribution in [0.3, 0.4) is 0 Å². The fourth-order valence-electron chi connectivity index (χ4n) is 2.48. The maximum Gasteiger partial charge on any atom is 0.185 e. The molecule has 5 nitrogen and oxygen atoms in total. The van der Waals surface area contributed by atoms with E-state index in [1.165, 1.54) is 10.6 Å². The lowest BCUT2D eigenvalue weighted by atomic mass is 10.1. The van der Waals surface area contributed by atoms with Crippen LogP contribution in [0.5, 0.6) is 0 Å². The summed E-state index contributed by atoms with van der Waals surface area (Å²) in [7, 11) is 0. The van der Waals surface area contributed by atoms with Crippen LogP contribution in [-0.4, -0.2) is 19.6 Å². The summed E-state index contributed by atoms with van der Waals surface area (Å²) >= 11 is 0. The van der Waals surface area contributed by atoms with E-state index < -0.39 is 0 Å². The SMILES string of the molecule is Nc1cc(-c2ccncc2)cc2nc(-c3ccccc3F)nn12. The zero-order valence-electron chi connectivity index (χ0n) is 12.0. The molecule has 0 fully saturated rings. The molecule has 112 valence electrons. The van der Waals surface area contributed by atoms with Gasteiger partial charge in [-0.25, -0.2) is 9.37 Å². The third-order valence-electron chi connectivity index (χ3n) is 3.59. The van der Waals surface area contributed by atoms with Crippen molar-refractivity contribution in [3.63, 3.8) is 0 Å².